The molecule has 13 heavy (non-hydrogen) atoms. The Morgan fingerprint density at radius 1 is 1.31 bits per heavy atom. The molecule has 0 atom stereocenters. The number of hydrogen-bond donors (Lipinski definition) is 2. The predicted molar refractivity (Wildman–Crippen MR) is 43.3 cm³/mol. The maximum atomic E-state index is 11.1. The van der Waals surface area contributed by atoms with Gasteiger partial charge in [0, 0.05) is 4.90 Å². The fraction of sp³-hybridized carbons (Fsp3) is 0.143. The molecule has 6 heteroatoms. The molecule has 1 aromatic rings. The number of hydrogen-bond acceptors (Lipinski definition) is 3. The molecule has 0 amide bonds. The zero-order chi connectivity index (χ0) is 9.27. The molecule has 0 spiro atoms. The van der Waals surface area contributed by atoms with Gasteiger partial charge in [0.25, 0.3) is 0 Å². The van der Waals surface area contributed by atoms with Crippen molar-refractivity contribution in [3.63, 3.8) is 0 Å². The van der Waals surface area contributed by atoms with Crippen molar-refractivity contribution >= 4 is 9.63 Å². The van der Waals surface area contributed by atoms with E-state index in [-0.39, 0.29) is 34.5 Å². The summed E-state index contributed by atoms with van der Waals surface area (Å²) < 4.78 is 31.2. The zero-order valence-corrected chi connectivity index (χ0v) is 10.0. The largest absolute Gasteiger partial charge is 1.00 e. The monoisotopic (exact) mass is 212 g/mol. The summed E-state index contributed by atoms with van der Waals surface area (Å²) in [6.07, 6.45) is 0. The second-order valence-corrected chi connectivity index (χ2v) is 5.12. The Bertz CT molecular complexity index is 332. The summed E-state index contributed by atoms with van der Waals surface area (Å²) in [5, 5.41) is 8.48. The summed E-state index contributed by atoms with van der Waals surface area (Å²) in [5.41, 5.74) is 0. The van der Waals surface area contributed by atoms with E-state index in [0.29, 0.717) is 0 Å². The van der Waals surface area contributed by atoms with Crippen LogP contribution in [0, 0.1) is 0 Å². The van der Waals surface area contributed by atoms with Crippen LogP contribution in [0.15, 0.2) is 35.2 Å². The van der Waals surface area contributed by atoms with Crippen LogP contribution in [0.5, 0.6) is 0 Å². The van der Waals surface area contributed by atoms with E-state index in [1.807, 2.05) is 0 Å². The number of aliphatic hydroxyl groups excluding tert-OH is 1. The van der Waals surface area contributed by atoms with E-state index in [1.54, 1.807) is 6.07 Å². The summed E-state index contributed by atoms with van der Waals surface area (Å²) in [6.45, 7) is 0. The van der Waals surface area contributed by atoms with Crippen molar-refractivity contribution in [1.82, 2.24) is 0 Å². The Labute approximate surface area is 98.3 Å². The molecule has 2 N–H and O–H groups in total. The van der Waals surface area contributed by atoms with Gasteiger partial charge in [0.1, 0.15) is 5.94 Å². The van der Waals surface area contributed by atoms with Gasteiger partial charge < -0.3 is 14.2 Å². The third-order valence-corrected chi connectivity index (χ3v) is 3.09. The van der Waals surface area contributed by atoms with Gasteiger partial charge in [-0.3, -0.25) is 4.21 Å². The van der Waals surface area contributed by atoms with Crippen LogP contribution in [0.2, 0.25) is 0 Å². The van der Waals surface area contributed by atoms with Crippen molar-refractivity contribution in [1.29, 1.82) is 0 Å². The molecule has 1 aromatic carbocycles. The zero-order valence-electron chi connectivity index (χ0n) is 7.21. The molecule has 0 saturated heterocycles. The van der Waals surface area contributed by atoms with Crippen LogP contribution >= 0.6 is 0 Å². The molecule has 0 aliphatic carbocycles. The molecule has 68 valence electrons. The van der Waals surface area contributed by atoms with Gasteiger partial charge in [-0.15, -0.1) is 0 Å². The maximum absolute atomic E-state index is 11.1. The van der Waals surface area contributed by atoms with Crippen molar-refractivity contribution in [3.05, 3.63) is 30.3 Å². The summed E-state index contributed by atoms with van der Waals surface area (Å²) >= 11 is 0. The van der Waals surface area contributed by atoms with Crippen molar-refractivity contribution in [2.45, 2.75) is 4.90 Å². The SMILES string of the molecule is O=S([O-])(O)(CO)c1ccccc1.[Na+]. The molecular formula is C7H9NaO4S. The maximum Gasteiger partial charge on any atom is 1.00 e. The Morgan fingerprint density at radius 2 is 1.77 bits per heavy atom. The van der Waals surface area contributed by atoms with Crippen LogP contribution in [-0.2, 0) is 9.63 Å². The first kappa shape index (κ1) is 13.2. The molecule has 0 saturated carbocycles. The van der Waals surface area contributed by atoms with E-state index in [1.165, 1.54) is 24.3 Å². The molecule has 0 radical (unpaired) electrons. The summed E-state index contributed by atoms with van der Waals surface area (Å²) in [6, 6.07) is 6.99. The van der Waals surface area contributed by atoms with Crippen molar-refractivity contribution in [3.8, 4) is 0 Å². The minimum atomic E-state index is -5.22. The molecule has 4 nitrogen and oxygen atoms in total. The molecule has 0 heterocycles. The third kappa shape index (κ3) is 3.14. The predicted octanol–water partition coefficient (Wildman–Crippen LogP) is -2.58. The Balaban J connectivity index is 0.00000144. The van der Waals surface area contributed by atoms with Crippen LogP contribution < -0.4 is 29.6 Å². The minimum Gasteiger partial charge on any atom is -0.764 e. The van der Waals surface area contributed by atoms with Gasteiger partial charge in [0.05, 0.1) is 0 Å². The minimum absolute atomic E-state index is 0. The van der Waals surface area contributed by atoms with Crippen molar-refractivity contribution in [2.75, 3.05) is 5.94 Å². The third-order valence-electron chi connectivity index (χ3n) is 1.44. The summed E-state index contributed by atoms with van der Waals surface area (Å²) in [7, 11) is -5.22. The molecule has 0 bridgehead atoms. The van der Waals surface area contributed by atoms with Crippen LogP contribution in [0.1, 0.15) is 0 Å². The van der Waals surface area contributed by atoms with Crippen LogP contribution in [0.3, 0.4) is 0 Å². The molecule has 0 aliphatic heterocycles. The number of benzene rings is 1. The van der Waals surface area contributed by atoms with Gasteiger partial charge in [0.2, 0.25) is 0 Å². The first-order valence-electron chi connectivity index (χ1n) is 3.24. The van der Waals surface area contributed by atoms with E-state index in [0.717, 1.165) is 0 Å². The van der Waals surface area contributed by atoms with Gasteiger partial charge in [-0.05, 0) is 21.8 Å². The standard InChI is InChI=1S/C7H10O4S.Na/c8-6-12(9,10,11)7-4-2-1-3-5-7;/h1-5,8H,6H2,(H2,9,10,11);/q;+1/p-1. The summed E-state index contributed by atoms with van der Waals surface area (Å²) in [5.74, 6) is -1.29. The number of sulfone groups is 1. The van der Waals surface area contributed by atoms with E-state index in [9.17, 15) is 8.76 Å². The van der Waals surface area contributed by atoms with E-state index >= 15 is 0 Å². The van der Waals surface area contributed by atoms with Gasteiger partial charge in [-0.25, -0.2) is 0 Å². The average molecular weight is 212 g/mol. The second kappa shape index (κ2) is 4.18. The molecule has 0 aliphatic rings. The Hall–Kier alpha value is 0.250. The normalized spacial score (nSPS) is 13.9. The van der Waals surface area contributed by atoms with E-state index < -0.39 is 15.6 Å². The van der Waals surface area contributed by atoms with Crippen molar-refractivity contribution in [2.24, 2.45) is 0 Å². The Kier molecular flexibility index (Phi) is 4.26. The smallest absolute Gasteiger partial charge is 0.764 e. The fourth-order valence-electron chi connectivity index (χ4n) is 0.763. The van der Waals surface area contributed by atoms with Gasteiger partial charge in [-0.1, -0.05) is 18.2 Å². The van der Waals surface area contributed by atoms with Crippen LogP contribution in [0.4, 0.5) is 0 Å². The molecule has 0 unspecified atom stereocenters. The quantitative estimate of drug-likeness (QED) is 0.528. The van der Waals surface area contributed by atoms with Crippen molar-refractivity contribution < 1.29 is 48.0 Å². The van der Waals surface area contributed by atoms with Crippen LogP contribution in [0.25, 0.3) is 0 Å². The van der Waals surface area contributed by atoms with Gasteiger partial charge in [-0.2, -0.15) is 0 Å². The average Bonchev–Trinajstić information content (AvgIpc) is 2.06. The van der Waals surface area contributed by atoms with Crippen LogP contribution in [-0.4, -0.2) is 24.4 Å². The molecule has 0 fully saturated rings. The first-order valence-corrected chi connectivity index (χ1v) is 5.25. The Morgan fingerprint density at radius 3 is 2.15 bits per heavy atom. The molecule has 0 aromatic heterocycles. The van der Waals surface area contributed by atoms with Gasteiger partial charge >= 0.3 is 29.6 Å². The fourth-order valence-corrected chi connectivity index (χ4v) is 1.61. The molecular weight excluding hydrogens is 203 g/mol. The van der Waals surface area contributed by atoms with E-state index in [4.69, 9.17) is 9.66 Å². The molecule has 1 rings (SSSR count). The van der Waals surface area contributed by atoms with E-state index in [2.05, 4.69) is 0 Å². The topological polar surface area (TPSA) is 80.6 Å². The number of aliphatic hydroxyl groups is 1. The summed E-state index contributed by atoms with van der Waals surface area (Å²) in [4.78, 5) is -0.281. The van der Waals surface area contributed by atoms with Gasteiger partial charge in [0.15, 0.2) is 0 Å². The second-order valence-electron chi connectivity index (χ2n) is 2.43. The first-order chi connectivity index (χ1) is 5.44. The number of rotatable bonds is 2.